The van der Waals surface area contributed by atoms with E-state index in [1.165, 1.54) is 0 Å². The van der Waals surface area contributed by atoms with Crippen LogP contribution in [0.25, 0.3) is 0 Å². The summed E-state index contributed by atoms with van der Waals surface area (Å²) in [6, 6.07) is 0. The number of aryl methyl sites for hydroxylation is 1. The van der Waals surface area contributed by atoms with E-state index < -0.39 is 11.4 Å². The number of carboxylic acids is 1. The first-order chi connectivity index (χ1) is 8.51. The maximum absolute atomic E-state index is 11.3. The molecule has 1 aliphatic heterocycles. The molecule has 18 heavy (non-hydrogen) atoms. The Morgan fingerprint density at radius 1 is 1.56 bits per heavy atom. The highest BCUT2D eigenvalue weighted by molar-refractivity contribution is 5.74. The number of carboxylic acid groups (broad SMARTS) is 1. The first-order valence-corrected chi connectivity index (χ1v) is 6.31. The van der Waals surface area contributed by atoms with E-state index in [0.29, 0.717) is 6.54 Å². The molecule has 1 fully saturated rings. The Hall–Kier alpha value is -1.43. The topological polar surface area (TPSA) is 71.2 Å². The first-order valence-electron chi connectivity index (χ1n) is 6.31. The van der Waals surface area contributed by atoms with Crippen LogP contribution < -0.4 is 0 Å². The number of rotatable bonds is 4. The largest absolute Gasteiger partial charge is 0.481 e. The molecule has 0 bridgehead atoms. The molecule has 0 amide bonds. The first kappa shape index (κ1) is 13.0. The molecular formula is C12H20N4O2. The van der Waals surface area contributed by atoms with Gasteiger partial charge in [-0.15, -0.1) is 10.2 Å². The molecule has 1 N–H and O–H groups in total. The molecule has 0 aromatic carbocycles. The van der Waals surface area contributed by atoms with Gasteiger partial charge in [-0.05, 0) is 33.2 Å². The number of aromatic nitrogens is 3. The Balaban J connectivity index is 1.90. The van der Waals surface area contributed by atoms with Crippen LogP contribution in [0.1, 0.15) is 25.6 Å². The monoisotopic (exact) mass is 252 g/mol. The summed E-state index contributed by atoms with van der Waals surface area (Å²) < 4.78 is 1.99. The smallest absolute Gasteiger partial charge is 0.310 e. The number of piperidine rings is 1. The van der Waals surface area contributed by atoms with Crippen LogP contribution in [0.15, 0.2) is 6.33 Å². The number of carbonyl (C=O) groups is 1. The Morgan fingerprint density at radius 2 is 2.33 bits per heavy atom. The molecule has 6 nitrogen and oxygen atoms in total. The third-order valence-corrected chi connectivity index (χ3v) is 3.76. The van der Waals surface area contributed by atoms with E-state index >= 15 is 0 Å². The van der Waals surface area contributed by atoms with Gasteiger partial charge in [0.2, 0.25) is 0 Å². The van der Waals surface area contributed by atoms with Crippen LogP contribution in [0.2, 0.25) is 0 Å². The number of aliphatic carboxylic acids is 1. The van der Waals surface area contributed by atoms with E-state index in [2.05, 4.69) is 15.1 Å². The van der Waals surface area contributed by atoms with Crippen molar-refractivity contribution in [2.45, 2.75) is 33.2 Å². The highest BCUT2D eigenvalue weighted by atomic mass is 16.4. The van der Waals surface area contributed by atoms with Crippen LogP contribution in [-0.2, 0) is 11.3 Å². The molecule has 0 radical (unpaired) electrons. The van der Waals surface area contributed by atoms with Gasteiger partial charge < -0.3 is 14.6 Å². The molecule has 6 heteroatoms. The van der Waals surface area contributed by atoms with Crippen molar-refractivity contribution in [2.24, 2.45) is 5.41 Å². The van der Waals surface area contributed by atoms with Gasteiger partial charge in [-0.1, -0.05) is 0 Å². The van der Waals surface area contributed by atoms with Gasteiger partial charge in [0.05, 0.1) is 5.41 Å². The summed E-state index contributed by atoms with van der Waals surface area (Å²) in [4.78, 5) is 13.5. The molecule has 0 saturated carbocycles. The minimum Gasteiger partial charge on any atom is -0.481 e. The average Bonchev–Trinajstić information content (AvgIpc) is 2.72. The molecule has 1 unspecified atom stereocenters. The van der Waals surface area contributed by atoms with E-state index in [4.69, 9.17) is 0 Å². The van der Waals surface area contributed by atoms with E-state index in [9.17, 15) is 9.90 Å². The molecule has 0 aliphatic carbocycles. The molecule has 1 atom stereocenters. The van der Waals surface area contributed by atoms with Crippen LogP contribution in [0.4, 0.5) is 0 Å². The van der Waals surface area contributed by atoms with Gasteiger partial charge in [0.15, 0.2) is 0 Å². The van der Waals surface area contributed by atoms with Gasteiger partial charge in [-0.25, -0.2) is 0 Å². The van der Waals surface area contributed by atoms with E-state index in [1.807, 2.05) is 18.4 Å². The standard InChI is InChI=1S/C12H20N4O2/c1-10-14-13-9-16(10)7-6-15-5-3-4-12(2,8-15)11(17)18/h9H,3-8H2,1-2H3,(H,17,18). The number of likely N-dealkylation sites (tertiary alicyclic amines) is 1. The molecule has 1 aromatic heterocycles. The van der Waals surface area contributed by atoms with Crippen molar-refractivity contribution in [2.75, 3.05) is 19.6 Å². The Morgan fingerprint density at radius 3 is 2.94 bits per heavy atom. The fourth-order valence-corrected chi connectivity index (χ4v) is 2.49. The highest BCUT2D eigenvalue weighted by Crippen LogP contribution is 2.29. The van der Waals surface area contributed by atoms with E-state index in [1.54, 1.807) is 6.33 Å². The normalized spacial score (nSPS) is 25.2. The van der Waals surface area contributed by atoms with Crippen molar-refractivity contribution in [1.82, 2.24) is 19.7 Å². The van der Waals surface area contributed by atoms with E-state index in [-0.39, 0.29) is 0 Å². The molecule has 100 valence electrons. The van der Waals surface area contributed by atoms with Crippen LogP contribution in [0.5, 0.6) is 0 Å². The second-order valence-corrected chi connectivity index (χ2v) is 5.32. The minimum atomic E-state index is -0.687. The Labute approximate surface area is 107 Å². The van der Waals surface area contributed by atoms with Gasteiger partial charge in [0.25, 0.3) is 0 Å². The van der Waals surface area contributed by atoms with Gasteiger partial charge >= 0.3 is 5.97 Å². The zero-order valence-corrected chi connectivity index (χ0v) is 11.0. The number of nitrogens with zero attached hydrogens (tertiary/aromatic N) is 4. The molecule has 2 rings (SSSR count). The molecule has 1 aromatic rings. The van der Waals surface area contributed by atoms with Crippen LogP contribution in [-0.4, -0.2) is 50.4 Å². The van der Waals surface area contributed by atoms with Crippen molar-refractivity contribution >= 4 is 5.97 Å². The summed E-state index contributed by atoms with van der Waals surface area (Å²) in [6.45, 7) is 7.03. The third-order valence-electron chi connectivity index (χ3n) is 3.76. The van der Waals surface area contributed by atoms with Crippen molar-refractivity contribution in [3.8, 4) is 0 Å². The van der Waals surface area contributed by atoms with Gasteiger partial charge in [0.1, 0.15) is 12.2 Å². The van der Waals surface area contributed by atoms with Gasteiger partial charge in [-0.3, -0.25) is 4.79 Å². The van der Waals surface area contributed by atoms with Gasteiger partial charge in [-0.2, -0.15) is 0 Å². The quantitative estimate of drug-likeness (QED) is 0.857. The van der Waals surface area contributed by atoms with Crippen LogP contribution in [0, 0.1) is 12.3 Å². The SMILES string of the molecule is Cc1nncn1CCN1CCCC(C)(C(=O)O)C1. The van der Waals surface area contributed by atoms with Crippen LogP contribution >= 0.6 is 0 Å². The van der Waals surface area contributed by atoms with Crippen molar-refractivity contribution in [3.05, 3.63) is 12.2 Å². The van der Waals surface area contributed by atoms with Crippen molar-refractivity contribution in [1.29, 1.82) is 0 Å². The molecule has 1 aliphatic rings. The molecule has 2 heterocycles. The zero-order chi connectivity index (χ0) is 13.2. The number of hydrogen-bond donors (Lipinski definition) is 1. The maximum Gasteiger partial charge on any atom is 0.310 e. The highest BCUT2D eigenvalue weighted by Gasteiger charge is 2.37. The molecule has 0 spiro atoms. The van der Waals surface area contributed by atoms with Gasteiger partial charge in [0, 0.05) is 19.6 Å². The lowest BCUT2D eigenvalue weighted by Crippen LogP contribution is -2.46. The van der Waals surface area contributed by atoms with Crippen LogP contribution in [0.3, 0.4) is 0 Å². The Kier molecular flexibility index (Phi) is 3.65. The maximum atomic E-state index is 11.3. The average molecular weight is 252 g/mol. The summed E-state index contributed by atoms with van der Waals surface area (Å²) in [5, 5.41) is 17.0. The molecule has 1 saturated heterocycles. The lowest BCUT2D eigenvalue weighted by atomic mass is 9.82. The van der Waals surface area contributed by atoms with E-state index in [0.717, 1.165) is 38.3 Å². The Bertz CT molecular complexity index is 431. The summed E-state index contributed by atoms with van der Waals surface area (Å²) >= 11 is 0. The summed E-state index contributed by atoms with van der Waals surface area (Å²) in [5.41, 5.74) is -0.597. The summed E-state index contributed by atoms with van der Waals surface area (Å²) in [5.74, 6) is 0.209. The lowest BCUT2D eigenvalue weighted by Gasteiger charge is -2.37. The second kappa shape index (κ2) is 5.06. The summed E-state index contributed by atoms with van der Waals surface area (Å²) in [7, 11) is 0. The third kappa shape index (κ3) is 2.69. The molecular weight excluding hydrogens is 232 g/mol. The fourth-order valence-electron chi connectivity index (χ4n) is 2.49. The fraction of sp³-hybridized carbons (Fsp3) is 0.750. The zero-order valence-electron chi connectivity index (χ0n) is 11.0. The van der Waals surface area contributed by atoms with Crippen molar-refractivity contribution < 1.29 is 9.90 Å². The second-order valence-electron chi connectivity index (χ2n) is 5.32. The summed E-state index contributed by atoms with van der Waals surface area (Å²) in [6.07, 6.45) is 3.43. The lowest BCUT2D eigenvalue weighted by molar-refractivity contribution is -0.151. The number of hydrogen-bond acceptors (Lipinski definition) is 4. The van der Waals surface area contributed by atoms with Crippen molar-refractivity contribution in [3.63, 3.8) is 0 Å². The predicted molar refractivity (Wildman–Crippen MR) is 66.2 cm³/mol. The minimum absolute atomic E-state index is 0.597. The predicted octanol–water partition coefficient (Wildman–Crippen LogP) is 0.773.